The number of ether oxygens (including phenoxy) is 1. The van der Waals surface area contributed by atoms with Crippen molar-refractivity contribution in [1.29, 1.82) is 0 Å². The van der Waals surface area contributed by atoms with Crippen LogP contribution in [0.5, 0.6) is 5.75 Å². The second-order valence-corrected chi connectivity index (χ2v) is 8.42. The lowest BCUT2D eigenvalue weighted by Crippen LogP contribution is -2.32. The summed E-state index contributed by atoms with van der Waals surface area (Å²) in [5.41, 5.74) is 3.20. The molecule has 4 rings (SSSR count). The number of rotatable bonds is 11. The van der Waals surface area contributed by atoms with Gasteiger partial charge in [0.2, 0.25) is 5.91 Å². The van der Waals surface area contributed by atoms with Crippen LogP contribution >= 0.6 is 0 Å². The van der Waals surface area contributed by atoms with Crippen LogP contribution < -0.4 is 10.1 Å². The number of carboxylic acid groups (broad SMARTS) is 1. The van der Waals surface area contributed by atoms with Crippen LogP contribution in [-0.4, -0.2) is 40.4 Å². The average molecular weight is 437 g/mol. The Hall–Kier alpha value is -3.35. The van der Waals surface area contributed by atoms with Gasteiger partial charge in [-0.05, 0) is 61.9 Å². The first-order valence-electron chi connectivity index (χ1n) is 11.2. The zero-order chi connectivity index (χ0) is 22.5. The fourth-order valence-corrected chi connectivity index (χ4v) is 3.98. The fraction of sp³-hybridized carbons (Fsp3) is 0.400. The van der Waals surface area contributed by atoms with Crippen LogP contribution in [0.15, 0.2) is 42.5 Å². The molecule has 0 radical (unpaired) electrons. The molecule has 1 fully saturated rings. The van der Waals surface area contributed by atoms with Gasteiger partial charge in [-0.3, -0.25) is 14.4 Å². The minimum Gasteiger partial charge on any atom is -0.493 e. The summed E-state index contributed by atoms with van der Waals surface area (Å²) in [6.07, 6.45) is 4.70. The van der Waals surface area contributed by atoms with Crippen molar-refractivity contribution in [2.24, 2.45) is 0 Å². The van der Waals surface area contributed by atoms with E-state index in [0.29, 0.717) is 31.6 Å². The molecule has 2 aliphatic rings. The van der Waals surface area contributed by atoms with E-state index in [4.69, 9.17) is 9.84 Å². The molecule has 7 nitrogen and oxygen atoms in total. The van der Waals surface area contributed by atoms with Gasteiger partial charge in [-0.1, -0.05) is 18.2 Å². The molecule has 0 spiro atoms. The van der Waals surface area contributed by atoms with Gasteiger partial charge in [0, 0.05) is 35.8 Å². The van der Waals surface area contributed by atoms with Gasteiger partial charge in [-0.25, -0.2) is 0 Å². The number of nitrogens with one attached hydrogen (secondary N) is 1. The van der Waals surface area contributed by atoms with E-state index < -0.39 is 5.97 Å². The maximum Gasteiger partial charge on any atom is 0.303 e. The van der Waals surface area contributed by atoms with E-state index in [1.165, 1.54) is 0 Å². The van der Waals surface area contributed by atoms with Gasteiger partial charge in [0.05, 0.1) is 13.0 Å². The second kappa shape index (κ2) is 9.85. The zero-order valence-electron chi connectivity index (χ0n) is 18.0. The van der Waals surface area contributed by atoms with Crippen molar-refractivity contribution < 1.29 is 24.2 Å². The molecule has 2 amide bonds. The molecular formula is C25H28N2O5. The molecule has 2 N–H and O–H groups in total. The Morgan fingerprint density at radius 1 is 1.09 bits per heavy atom. The van der Waals surface area contributed by atoms with Crippen molar-refractivity contribution in [3.05, 3.63) is 59.2 Å². The summed E-state index contributed by atoms with van der Waals surface area (Å²) in [5.74, 6) is -0.0870. The number of unbranched alkanes of at least 4 members (excludes halogenated alkanes) is 2. The standard InChI is InChI=1S/C25H28N2O5/c28-23-15-19-14-17(9-12-21(19)26-23)25(31)27(20-10-11-20)16-18-6-3-4-7-22(18)32-13-5-1-2-8-24(29)30/h3-4,6-7,9,12,14,20H,1-2,5,8,10-11,13,15-16H2,(H,26,28)(H,29,30). The minimum absolute atomic E-state index is 0.0295. The fourth-order valence-electron chi connectivity index (χ4n) is 3.98. The monoisotopic (exact) mass is 436 g/mol. The molecule has 0 bridgehead atoms. The van der Waals surface area contributed by atoms with Crippen LogP contribution in [0.2, 0.25) is 0 Å². The first-order valence-corrected chi connectivity index (χ1v) is 11.2. The highest BCUT2D eigenvalue weighted by atomic mass is 16.5. The highest BCUT2D eigenvalue weighted by Gasteiger charge is 2.34. The van der Waals surface area contributed by atoms with Crippen molar-refractivity contribution >= 4 is 23.5 Å². The smallest absolute Gasteiger partial charge is 0.303 e. The Morgan fingerprint density at radius 3 is 2.69 bits per heavy atom. The summed E-state index contributed by atoms with van der Waals surface area (Å²) in [4.78, 5) is 37.5. The number of nitrogens with zero attached hydrogens (tertiary/aromatic N) is 1. The van der Waals surface area contributed by atoms with Crippen LogP contribution in [0.4, 0.5) is 5.69 Å². The highest BCUT2D eigenvalue weighted by Crippen LogP contribution is 2.33. The van der Waals surface area contributed by atoms with E-state index in [0.717, 1.165) is 48.2 Å². The predicted molar refractivity (Wildman–Crippen MR) is 120 cm³/mol. The van der Waals surface area contributed by atoms with Crippen molar-refractivity contribution in [1.82, 2.24) is 4.90 Å². The van der Waals surface area contributed by atoms with Crippen LogP contribution in [0.1, 0.15) is 60.0 Å². The number of para-hydroxylation sites is 1. The number of hydrogen-bond acceptors (Lipinski definition) is 4. The van der Waals surface area contributed by atoms with Gasteiger partial charge < -0.3 is 20.1 Å². The maximum absolute atomic E-state index is 13.3. The van der Waals surface area contributed by atoms with Crippen LogP contribution in [0, 0.1) is 0 Å². The second-order valence-electron chi connectivity index (χ2n) is 8.42. The molecule has 7 heteroatoms. The van der Waals surface area contributed by atoms with Crippen LogP contribution in [0.3, 0.4) is 0 Å². The zero-order valence-corrected chi connectivity index (χ0v) is 18.0. The third kappa shape index (κ3) is 5.46. The van der Waals surface area contributed by atoms with Gasteiger partial charge in [-0.2, -0.15) is 0 Å². The molecule has 1 heterocycles. The summed E-state index contributed by atoms with van der Waals surface area (Å²) >= 11 is 0. The number of carbonyl (C=O) groups excluding carboxylic acids is 2. The van der Waals surface area contributed by atoms with Gasteiger partial charge in [0.25, 0.3) is 5.91 Å². The molecule has 168 valence electrons. The number of hydrogen-bond donors (Lipinski definition) is 2. The van der Waals surface area contributed by atoms with Gasteiger partial charge >= 0.3 is 5.97 Å². The average Bonchev–Trinajstić information content (AvgIpc) is 3.54. The Balaban J connectivity index is 1.41. The van der Waals surface area contributed by atoms with E-state index in [-0.39, 0.29) is 24.3 Å². The maximum atomic E-state index is 13.3. The number of amides is 2. The normalized spacial score (nSPS) is 14.6. The minimum atomic E-state index is -0.771. The van der Waals surface area contributed by atoms with E-state index in [9.17, 15) is 14.4 Å². The third-order valence-electron chi connectivity index (χ3n) is 5.83. The number of fused-ring (bicyclic) bond motifs is 1. The first kappa shape index (κ1) is 21.9. The van der Waals surface area contributed by atoms with Gasteiger partial charge in [0.15, 0.2) is 0 Å². The summed E-state index contributed by atoms with van der Waals surface area (Å²) in [6, 6.07) is 13.4. The molecule has 2 aromatic carbocycles. The van der Waals surface area contributed by atoms with E-state index >= 15 is 0 Å². The first-order chi connectivity index (χ1) is 15.5. The molecule has 0 saturated heterocycles. The van der Waals surface area contributed by atoms with E-state index in [2.05, 4.69) is 5.32 Å². The summed E-state index contributed by atoms with van der Waals surface area (Å²) in [5, 5.41) is 11.5. The Kier molecular flexibility index (Phi) is 6.73. The number of carbonyl (C=O) groups is 3. The van der Waals surface area contributed by atoms with E-state index in [1.54, 1.807) is 12.1 Å². The van der Waals surface area contributed by atoms with Crippen LogP contribution in [0.25, 0.3) is 0 Å². The molecule has 0 aromatic heterocycles. The molecule has 1 saturated carbocycles. The molecule has 1 aliphatic carbocycles. The molecule has 1 aliphatic heterocycles. The van der Waals surface area contributed by atoms with Crippen LogP contribution in [-0.2, 0) is 22.6 Å². The lowest BCUT2D eigenvalue weighted by Gasteiger charge is -2.24. The SMILES string of the molecule is O=C(O)CCCCCOc1ccccc1CN(C(=O)c1ccc2c(c1)CC(=O)N2)C1CC1. The van der Waals surface area contributed by atoms with E-state index in [1.807, 2.05) is 35.2 Å². The highest BCUT2D eigenvalue weighted by molar-refractivity contribution is 6.01. The van der Waals surface area contributed by atoms with Crippen molar-refractivity contribution in [3.63, 3.8) is 0 Å². The summed E-state index contributed by atoms with van der Waals surface area (Å²) < 4.78 is 5.97. The lowest BCUT2D eigenvalue weighted by molar-refractivity contribution is -0.137. The third-order valence-corrected chi connectivity index (χ3v) is 5.83. The molecule has 0 atom stereocenters. The number of carboxylic acids is 1. The molecule has 0 unspecified atom stereocenters. The van der Waals surface area contributed by atoms with Crippen molar-refractivity contribution in [2.45, 2.75) is 57.5 Å². The molecule has 2 aromatic rings. The predicted octanol–water partition coefficient (Wildman–Crippen LogP) is 4.01. The van der Waals surface area contributed by atoms with Crippen molar-refractivity contribution in [2.75, 3.05) is 11.9 Å². The quantitative estimate of drug-likeness (QED) is 0.519. The summed E-state index contributed by atoms with van der Waals surface area (Å²) in [6.45, 7) is 0.979. The number of aliphatic carboxylic acids is 1. The van der Waals surface area contributed by atoms with Crippen molar-refractivity contribution in [3.8, 4) is 5.75 Å². The number of anilines is 1. The van der Waals surface area contributed by atoms with Gasteiger partial charge in [0.1, 0.15) is 5.75 Å². The topological polar surface area (TPSA) is 95.9 Å². The lowest BCUT2D eigenvalue weighted by atomic mass is 10.1. The largest absolute Gasteiger partial charge is 0.493 e. The Bertz CT molecular complexity index is 1020. The Morgan fingerprint density at radius 2 is 1.91 bits per heavy atom. The molecular weight excluding hydrogens is 408 g/mol. The summed E-state index contributed by atoms with van der Waals surface area (Å²) in [7, 11) is 0. The van der Waals surface area contributed by atoms with Gasteiger partial charge in [-0.15, -0.1) is 0 Å². The number of benzene rings is 2. The Labute approximate surface area is 187 Å². The molecule has 32 heavy (non-hydrogen) atoms.